The molecule has 96 valence electrons. The van der Waals surface area contributed by atoms with Gasteiger partial charge in [-0.3, -0.25) is 16.8 Å². The van der Waals surface area contributed by atoms with Gasteiger partial charge in [0.1, 0.15) is 0 Å². The molecule has 0 heterocycles. The molecule has 0 fully saturated rings. The Morgan fingerprint density at radius 2 is 0.500 bits per heavy atom. The van der Waals surface area contributed by atoms with E-state index >= 15 is 0 Å². The zero-order valence-corrected chi connectivity index (χ0v) is 12.0. The van der Waals surface area contributed by atoms with Gasteiger partial charge in [-0.2, -0.15) is 0 Å². The van der Waals surface area contributed by atoms with Crippen molar-refractivity contribution in [2.75, 3.05) is 0 Å². The second kappa shape index (κ2) is 21.4. The fraction of sp³-hybridized carbons (Fsp3) is 0. The second-order valence-corrected chi connectivity index (χ2v) is 2.45. The molecule has 0 rings (SSSR count). The molecule has 0 spiro atoms. The van der Waals surface area contributed by atoms with E-state index < -0.39 is 20.8 Å². The summed E-state index contributed by atoms with van der Waals surface area (Å²) in [5.41, 5.74) is 0. The molecule has 16 heavy (non-hydrogen) atoms. The van der Waals surface area contributed by atoms with E-state index in [4.69, 9.17) is 35.0 Å². The van der Waals surface area contributed by atoms with Gasteiger partial charge >= 0.3 is 46.1 Å². The first-order chi connectivity index (χ1) is 4.00. The monoisotopic (exact) mass is 312 g/mol. The Morgan fingerprint density at radius 1 is 0.500 bits per heavy atom. The van der Waals surface area contributed by atoms with Crippen LogP contribution in [0.4, 0.5) is 0 Å². The van der Waals surface area contributed by atoms with Gasteiger partial charge in [-0.15, -0.1) is 0 Å². The van der Waals surface area contributed by atoms with Crippen molar-refractivity contribution in [3.05, 3.63) is 0 Å². The summed E-state index contributed by atoms with van der Waals surface area (Å²) >= 11 is 0. The second-order valence-electron chi connectivity index (χ2n) is 0.816. The van der Waals surface area contributed by atoms with Gasteiger partial charge in [0.2, 0.25) is 0 Å². The standard InChI is InChI=1S/2Mg.2H2O4S.4H2O/c;;2*1-5(2,3)4;;;;/h;;2*(H2,1,2,3,4);4*1H2/q2*+2;;;;;;/p-4. The Morgan fingerprint density at radius 3 is 0.500 bits per heavy atom. The summed E-state index contributed by atoms with van der Waals surface area (Å²) in [5, 5.41) is 0. The van der Waals surface area contributed by atoms with Gasteiger partial charge in [-0.1, -0.05) is 0 Å². The minimum atomic E-state index is -5.17. The first-order valence-corrected chi connectivity index (χ1v) is 4.00. The molecule has 0 aromatic heterocycles. The van der Waals surface area contributed by atoms with Crippen LogP contribution in [0.3, 0.4) is 0 Å². The molecule has 0 saturated carbocycles. The van der Waals surface area contributed by atoms with E-state index in [0.29, 0.717) is 0 Å². The van der Waals surface area contributed by atoms with Crippen LogP contribution in [0.2, 0.25) is 0 Å². The summed E-state index contributed by atoms with van der Waals surface area (Å²) in [5.74, 6) is 0. The molecule has 0 amide bonds. The van der Waals surface area contributed by atoms with Crippen LogP contribution in [0.5, 0.6) is 0 Å². The van der Waals surface area contributed by atoms with Crippen molar-refractivity contribution in [3.63, 3.8) is 0 Å². The Kier molecular flexibility index (Phi) is 71.6. The molecule has 0 aliphatic heterocycles. The summed E-state index contributed by atoms with van der Waals surface area (Å²) in [4.78, 5) is 0. The summed E-state index contributed by atoms with van der Waals surface area (Å²) in [6.07, 6.45) is 0. The van der Waals surface area contributed by atoms with Crippen molar-refractivity contribution in [1.29, 1.82) is 0 Å². The van der Waals surface area contributed by atoms with E-state index in [0.717, 1.165) is 0 Å². The maximum absolute atomic E-state index is 8.52. The Bertz CT molecular complexity index is 213. The molecule has 0 aromatic rings. The molecule has 0 bridgehead atoms. The van der Waals surface area contributed by atoms with Gasteiger partial charge in [0.25, 0.3) is 0 Å². The minimum Gasteiger partial charge on any atom is -0.759 e. The summed E-state index contributed by atoms with van der Waals surface area (Å²) in [6, 6.07) is 0. The van der Waals surface area contributed by atoms with E-state index in [1.165, 1.54) is 0 Å². The molecule has 0 aliphatic carbocycles. The average molecular weight is 313 g/mol. The van der Waals surface area contributed by atoms with Gasteiger partial charge in [0, 0.05) is 20.8 Å². The van der Waals surface area contributed by atoms with E-state index in [1.807, 2.05) is 0 Å². The van der Waals surface area contributed by atoms with Crippen LogP contribution < -0.4 is 0 Å². The number of hydrogen-bond donors (Lipinski definition) is 0. The van der Waals surface area contributed by atoms with Gasteiger partial charge < -0.3 is 40.1 Å². The van der Waals surface area contributed by atoms with Crippen molar-refractivity contribution in [1.82, 2.24) is 0 Å². The van der Waals surface area contributed by atoms with Crippen molar-refractivity contribution in [2.45, 2.75) is 0 Å². The van der Waals surface area contributed by atoms with Crippen molar-refractivity contribution < 1.29 is 57.0 Å². The van der Waals surface area contributed by atoms with Crippen molar-refractivity contribution in [2.24, 2.45) is 0 Å². The van der Waals surface area contributed by atoms with Crippen LogP contribution in [0.25, 0.3) is 0 Å². The largest absolute Gasteiger partial charge is 2.00 e. The minimum absolute atomic E-state index is 0. The average Bonchev–Trinajstić information content (AvgIpc) is 1.12. The van der Waals surface area contributed by atoms with Crippen LogP contribution in [-0.2, 0) is 20.8 Å². The molecule has 16 heteroatoms. The van der Waals surface area contributed by atoms with Crippen LogP contribution in [-0.4, -0.2) is 103 Å². The fourth-order valence-electron chi connectivity index (χ4n) is 0. The smallest absolute Gasteiger partial charge is 0.759 e. The maximum Gasteiger partial charge on any atom is 2.00 e. The molecule has 8 N–H and O–H groups in total. The van der Waals surface area contributed by atoms with Gasteiger partial charge in [0.05, 0.1) is 0 Å². The van der Waals surface area contributed by atoms with Crippen molar-refractivity contribution >= 4 is 66.9 Å². The molecular formula is H8Mg2O12S2. The fourth-order valence-corrected chi connectivity index (χ4v) is 0. The van der Waals surface area contributed by atoms with Crippen LogP contribution in [0, 0.1) is 0 Å². The first kappa shape index (κ1) is 53.5. The van der Waals surface area contributed by atoms with Crippen LogP contribution in [0.1, 0.15) is 0 Å². The van der Waals surface area contributed by atoms with E-state index in [-0.39, 0.29) is 68.0 Å². The summed E-state index contributed by atoms with van der Waals surface area (Å²) in [6.45, 7) is 0. The topological polar surface area (TPSA) is 287 Å². The van der Waals surface area contributed by atoms with Gasteiger partial charge in [0.15, 0.2) is 0 Å². The maximum atomic E-state index is 8.52. The zero-order valence-electron chi connectivity index (χ0n) is 7.50. The van der Waals surface area contributed by atoms with Gasteiger partial charge in [-0.05, 0) is 0 Å². The number of hydrogen-bond acceptors (Lipinski definition) is 8. The predicted octanol–water partition coefficient (Wildman–Crippen LogP) is -6.74. The quantitative estimate of drug-likeness (QED) is 0.234. The molecular weight excluding hydrogens is 305 g/mol. The molecule has 0 aromatic carbocycles. The van der Waals surface area contributed by atoms with E-state index in [1.54, 1.807) is 0 Å². The Hall–Kier alpha value is 1.11. The zero-order chi connectivity index (χ0) is 9.00. The molecule has 0 unspecified atom stereocenters. The molecule has 0 aliphatic rings. The molecule has 0 atom stereocenters. The van der Waals surface area contributed by atoms with Crippen LogP contribution >= 0.6 is 0 Å². The predicted molar refractivity (Wildman–Crippen MR) is 46.9 cm³/mol. The van der Waals surface area contributed by atoms with Crippen LogP contribution in [0.15, 0.2) is 0 Å². The SMILES string of the molecule is O.O.O.O.O=S(=O)([O-])[O-].O=S(=O)([O-])[O-].[Mg+2].[Mg+2]. The Labute approximate surface area is 123 Å². The van der Waals surface area contributed by atoms with E-state index in [9.17, 15) is 0 Å². The molecule has 0 saturated heterocycles. The third-order valence-electron chi connectivity index (χ3n) is 0. The van der Waals surface area contributed by atoms with E-state index in [2.05, 4.69) is 0 Å². The molecule has 12 nitrogen and oxygen atoms in total. The first-order valence-electron chi connectivity index (χ1n) is 1.33. The number of rotatable bonds is 0. The third-order valence-corrected chi connectivity index (χ3v) is 0. The summed E-state index contributed by atoms with van der Waals surface area (Å²) in [7, 11) is -10.3. The Balaban J connectivity index is -0.00000000970. The van der Waals surface area contributed by atoms with Crippen molar-refractivity contribution in [3.8, 4) is 0 Å². The summed E-state index contributed by atoms with van der Waals surface area (Å²) < 4.78 is 68.2. The third kappa shape index (κ3) is 2430. The molecule has 0 radical (unpaired) electrons. The normalized spacial score (nSPS) is 7.25. The van der Waals surface area contributed by atoms with Gasteiger partial charge in [-0.25, -0.2) is 0 Å².